The monoisotopic (exact) mass is 274 g/mol. The lowest BCUT2D eigenvalue weighted by Crippen LogP contribution is -2.35. The van der Waals surface area contributed by atoms with E-state index in [0.29, 0.717) is 11.9 Å². The van der Waals surface area contributed by atoms with E-state index in [0.717, 1.165) is 39.0 Å². The summed E-state index contributed by atoms with van der Waals surface area (Å²) in [7, 11) is 0. The molecule has 1 aliphatic heterocycles. The molecule has 0 saturated carbocycles. The van der Waals surface area contributed by atoms with Crippen molar-refractivity contribution in [2.45, 2.75) is 31.8 Å². The van der Waals surface area contributed by atoms with Crippen LogP contribution >= 0.6 is 0 Å². The molecule has 1 saturated heterocycles. The van der Waals surface area contributed by atoms with Crippen LogP contribution in [-0.2, 0) is 6.54 Å². The van der Waals surface area contributed by atoms with E-state index in [4.69, 9.17) is 5.73 Å². The van der Waals surface area contributed by atoms with Crippen LogP contribution in [0.5, 0.6) is 0 Å². The lowest BCUT2D eigenvalue weighted by atomic mass is 10.1. The average molecular weight is 274 g/mol. The van der Waals surface area contributed by atoms with Crippen molar-refractivity contribution in [3.63, 3.8) is 0 Å². The topological polar surface area (TPSA) is 64.9 Å². The second-order valence-corrected chi connectivity index (χ2v) is 5.45. The molecule has 108 valence electrons. The number of imidazole rings is 1. The zero-order valence-corrected chi connectivity index (χ0v) is 11.7. The van der Waals surface area contributed by atoms with E-state index >= 15 is 0 Å². The van der Waals surface area contributed by atoms with Gasteiger partial charge in [0.2, 0.25) is 0 Å². The minimum atomic E-state index is 0.511. The molecule has 0 bridgehead atoms. The van der Waals surface area contributed by atoms with Crippen LogP contribution in [0.4, 0.5) is 5.82 Å². The van der Waals surface area contributed by atoms with Crippen LogP contribution in [0.1, 0.15) is 25.3 Å². The van der Waals surface area contributed by atoms with Gasteiger partial charge >= 0.3 is 0 Å². The minimum absolute atomic E-state index is 0.511. The Morgan fingerprint density at radius 3 is 2.70 bits per heavy atom. The first-order valence-electron chi connectivity index (χ1n) is 7.30. The number of nitrogen functional groups attached to an aromatic ring is 1. The number of hydrogen-bond donors (Lipinski definition) is 1. The van der Waals surface area contributed by atoms with Gasteiger partial charge in [0.15, 0.2) is 0 Å². The average Bonchev–Trinajstić information content (AvgIpc) is 3.11. The SMILES string of the molecule is Nc1ccn(C2CCN(CCCn3ccnc3)CC2)n1. The molecule has 6 nitrogen and oxygen atoms in total. The first-order valence-corrected chi connectivity index (χ1v) is 7.30. The summed E-state index contributed by atoms with van der Waals surface area (Å²) >= 11 is 0. The molecule has 0 spiro atoms. The maximum atomic E-state index is 5.67. The Morgan fingerprint density at radius 2 is 2.05 bits per heavy atom. The normalized spacial score (nSPS) is 17.6. The van der Waals surface area contributed by atoms with Gasteiger partial charge in [0.05, 0.1) is 12.4 Å². The quantitative estimate of drug-likeness (QED) is 0.895. The summed E-state index contributed by atoms with van der Waals surface area (Å²) in [6, 6.07) is 2.38. The zero-order valence-electron chi connectivity index (χ0n) is 11.7. The molecule has 0 amide bonds. The number of nitrogens with zero attached hydrogens (tertiary/aromatic N) is 5. The molecule has 20 heavy (non-hydrogen) atoms. The predicted molar refractivity (Wildman–Crippen MR) is 78.2 cm³/mol. The van der Waals surface area contributed by atoms with Gasteiger partial charge in [-0.15, -0.1) is 0 Å². The highest BCUT2D eigenvalue weighted by Crippen LogP contribution is 2.22. The fourth-order valence-corrected chi connectivity index (χ4v) is 2.86. The summed E-state index contributed by atoms with van der Waals surface area (Å²) in [6.45, 7) is 4.50. The Hall–Kier alpha value is -1.82. The fraction of sp³-hybridized carbons (Fsp3) is 0.571. The van der Waals surface area contributed by atoms with Crippen molar-refractivity contribution in [2.75, 3.05) is 25.4 Å². The number of likely N-dealkylation sites (tertiary alicyclic amines) is 1. The molecule has 6 heteroatoms. The number of anilines is 1. The molecular weight excluding hydrogens is 252 g/mol. The highest BCUT2D eigenvalue weighted by Gasteiger charge is 2.20. The van der Waals surface area contributed by atoms with Crippen LogP contribution in [0.25, 0.3) is 0 Å². The van der Waals surface area contributed by atoms with Crippen LogP contribution in [0.2, 0.25) is 0 Å². The van der Waals surface area contributed by atoms with Gasteiger partial charge in [0, 0.05) is 38.2 Å². The highest BCUT2D eigenvalue weighted by molar-refractivity contribution is 5.24. The van der Waals surface area contributed by atoms with Crippen LogP contribution in [-0.4, -0.2) is 43.9 Å². The third-order valence-electron chi connectivity index (χ3n) is 4.01. The van der Waals surface area contributed by atoms with Crippen molar-refractivity contribution in [2.24, 2.45) is 0 Å². The molecule has 2 aromatic rings. The number of rotatable bonds is 5. The van der Waals surface area contributed by atoms with Crippen molar-refractivity contribution in [3.8, 4) is 0 Å². The molecule has 3 heterocycles. The van der Waals surface area contributed by atoms with Gasteiger partial charge < -0.3 is 15.2 Å². The van der Waals surface area contributed by atoms with Gasteiger partial charge in [-0.3, -0.25) is 4.68 Å². The van der Waals surface area contributed by atoms with Crippen LogP contribution in [0.15, 0.2) is 31.0 Å². The Balaban J connectivity index is 1.40. The van der Waals surface area contributed by atoms with E-state index in [9.17, 15) is 0 Å². The Bertz CT molecular complexity index is 510. The highest BCUT2D eigenvalue weighted by atomic mass is 15.3. The van der Waals surface area contributed by atoms with E-state index < -0.39 is 0 Å². The standard InChI is InChI=1S/C14H22N6/c15-14-4-10-20(17-14)13-2-8-18(9-3-13)6-1-7-19-11-5-16-12-19/h4-5,10-13H,1-3,6-9H2,(H2,15,17). The lowest BCUT2D eigenvalue weighted by Gasteiger charge is -2.32. The lowest BCUT2D eigenvalue weighted by molar-refractivity contribution is 0.176. The molecule has 1 fully saturated rings. The largest absolute Gasteiger partial charge is 0.382 e. The molecule has 0 unspecified atom stereocenters. The van der Waals surface area contributed by atoms with E-state index in [1.54, 1.807) is 0 Å². The summed E-state index contributed by atoms with van der Waals surface area (Å²) in [5, 5.41) is 4.32. The number of aromatic nitrogens is 4. The van der Waals surface area contributed by atoms with Crippen LogP contribution in [0, 0.1) is 0 Å². The first-order chi connectivity index (χ1) is 9.81. The molecule has 3 rings (SSSR count). The molecule has 0 atom stereocenters. The third-order valence-corrected chi connectivity index (χ3v) is 4.01. The molecule has 0 radical (unpaired) electrons. The smallest absolute Gasteiger partial charge is 0.145 e. The maximum Gasteiger partial charge on any atom is 0.145 e. The summed E-state index contributed by atoms with van der Waals surface area (Å²) in [5.74, 6) is 0.618. The van der Waals surface area contributed by atoms with E-state index in [1.165, 1.54) is 6.42 Å². The van der Waals surface area contributed by atoms with E-state index in [-0.39, 0.29) is 0 Å². The number of nitrogens with two attached hydrogens (primary N) is 1. The molecule has 2 aromatic heterocycles. The van der Waals surface area contributed by atoms with Gasteiger partial charge in [0.25, 0.3) is 0 Å². The number of hydrogen-bond acceptors (Lipinski definition) is 4. The minimum Gasteiger partial charge on any atom is -0.382 e. The van der Waals surface area contributed by atoms with Crippen LogP contribution < -0.4 is 5.73 Å². The molecule has 0 aromatic carbocycles. The number of piperidine rings is 1. The van der Waals surface area contributed by atoms with Gasteiger partial charge in [-0.1, -0.05) is 0 Å². The van der Waals surface area contributed by atoms with Gasteiger partial charge in [-0.2, -0.15) is 5.10 Å². The van der Waals surface area contributed by atoms with E-state index in [1.807, 2.05) is 35.7 Å². The van der Waals surface area contributed by atoms with Gasteiger partial charge in [-0.25, -0.2) is 4.98 Å². The van der Waals surface area contributed by atoms with Gasteiger partial charge in [-0.05, 0) is 31.9 Å². The van der Waals surface area contributed by atoms with Crippen molar-refractivity contribution in [3.05, 3.63) is 31.0 Å². The van der Waals surface area contributed by atoms with E-state index in [2.05, 4.69) is 19.5 Å². The molecule has 0 aliphatic carbocycles. The van der Waals surface area contributed by atoms with Crippen molar-refractivity contribution < 1.29 is 0 Å². The first kappa shape index (κ1) is 13.2. The third kappa shape index (κ3) is 3.19. The second kappa shape index (κ2) is 6.09. The number of aryl methyl sites for hydroxylation is 1. The van der Waals surface area contributed by atoms with Crippen molar-refractivity contribution >= 4 is 5.82 Å². The maximum absolute atomic E-state index is 5.67. The fourth-order valence-electron chi connectivity index (χ4n) is 2.86. The Kier molecular flexibility index (Phi) is 4.01. The van der Waals surface area contributed by atoms with Crippen molar-refractivity contribution in [1.82, 2.24) is 24.2 Å². The zero-order chi connectivity index (χ0) is 13.8. The Morgan fingerprint density at radius 1 is 1.20 bits per heavy atom. The summed E-state index contributed by atoms with van der Waals surface area (Å²) in [4.78, 5) is 6.60. The summed E-state index contributed by atoms with van der Waals surface area (Å²) in [5.41, 5.74) is 5.67. The summed E-state index contributed by atoms with van der Waals surface area (Å²) in [6.07, 6.45) is 11.2. The second-order valence-electron chi connectivity index (χ2n) is 5.45. The predicted octanol–water partition coefficient (Wildman–Crippen LogP) is 1.39. The molecule has 1 aliphatic rings. The molecule has 2 N–H and O–H groups in total. The Labute approximate surface area is 119 Å². The summed E-state index contributed by atoms with van der Waals surface area (Å²) < 4.78 is 4.16. The van der Waals surface area contributed by atoms with Crippen LogP contribution in [0.3, 0.4) is 0 Å². The molecular formula is C14H22N6. The van der Waals surface area contributed by atoms with Crippen molar-refractivity contribution in [1.29, 1.82) is 0 Å². The van der Waals surface area contributed by atoms with Gasteiger partial charge in [0.1, 0.15) is 5.82 Å².